The highest BCUT2D eigenvalue weighted by Crippen LogP contribution is 2.33. The topological polar surface area (TPSA) is 71.9 Å². The maximum atomic E-state index is 8.88. The molecule has 1 aromatic carbocycles. The summed E-state index contributed by atoms with van der Waals surface area (Å²) < 4.78 is 10.5. The molecule has 0 radical (unpaired) electrons. The second-order valence-corrected chi connectivity index (χ2v) is 5.60. The Morgan fingerprint density at radius 3 is 2.90 bits per heavy atom. The van der Waals surface area contributed by atoms with Crippen LogP contribution in [0.1, 0.15) is 35.0 Å². The fourth-order valence-electron chi connectivity index (χ4n) is 1.70. The number of thioether (sulfide) groups is 1. The molecule has 0 bridgehead atoms. The summed E-state index contributed by atoms with van der Waals surface area (Å²) in [5, 5.41) is 12.8. The number of nitriles is 1. The van der Waals surface area contributed by atoms with Crippen LogP contribution in [0.4, 0.5) is 0 Å². The van der Waals surface area contributed by atoms with Gasteiger partial charge in [-0.25, -0.2) is 0 Å². The molecule has 0 N–H and O–H groups in total. The minimum atomic E-state index is 0.108. The zero-order chi connectivity index (χ0) is 14.5. The predicted octanol–water partition coefficient (Wildman–Crippen LogP) is 3.25. The zero-order valence-electron chi connectivity index (χ0n) is 11.6. The summed E-state index contributed by atoms with van der Waals surface area (Å²) in [6.07, 6.45) is 0. The van der Waals surface area contributed by atoms with Gasteiger partial charge < -0.3 is 9.26 Å². The van der Waals surface area contributed by atoms with Gasteiger partial charge in [0.25, 0.3) is 0 Å². The van der Waals surface area contributed by atoms with E-state index in [0.717, 1.165) is 17.1 Å². The van der Waals surface area contributed by atoms with Crippen LogP contribution in [0.15, 0.2) is 22.7 Å². The van der Waals surface area contributed by atoms with Gasteiger partial charge in [-0.2, -0.15) is 10.2 Å². The number of hydrogen-bond acceptors (Lipinski definition) is 6. The standard InChI is InChI=1S/C14H15N3O2S/c1-9(14-16-10(2)17-19-14)20-8-12-5-4-11(7-15)6-13(12)18-3/h4-6,9H,8H2,1-3H3/t9-/m0/s1. The van der Waals surface area contributed by atoms with Crippen LogP contribution in [0.2, 0.25) is 0 Å². The van der Waals surface area contributed by atoms with Crippen molar-refractivity contribution in [3.63, 3.8) is 0 Å². The molecule has 2 rings (SSSR count). The van der Waals surface area contributed by atoms with Crippen LogP contribution in [0.3, 0.4) is 0 Å². The number of nitrogens with zero attached hydrogens (tertiary/aromatic N) is 3. The predicted molar refractivity (Wildman–Crippen MR) is 76.5 cm³/mol. The van der Waals surface area contributed by atoms with Gasteiger partial charge >= 0.3 is 0 Å². The molecular formula is C14H15N3O2S. The highest BCUT2D eigenvalue weighted by molar-refractivity contribution is 7.98. The van der Waals surface area contributed by atoms with Gasteiger partial charge in [0.2, 0.25) is 5.89 Å². The summed E-state index contributed by atoms with van der Waals surface area (Å²) in [4.78, 5) is 4.22. The van der Waals surface area contributed by atoms with E-state index in [0.29, 0.717) is 17.3 Å². The van der Waals surface area contributed by atoms with Gasteiger partial charge in [0, 0.05) is 11.3 Å². The molecule has 1 atom stereocenters. The SMILES string of the molecule is COc1cc(C#N)ccc1CS[C@@H](C)c1nc(C)no1. The zero-order valence-corrected chi connectivity index (χ0v) is 12.4. The van der Waals surface area contributed by atoms with Crippen molar-refractivity contribution in [3.05, 3.63) is 41.0 Å². The van der Waals surface area contributed by atoms with Crippen molar-refractivity contribution in [1.82, 2.24) is 10.1 Å². The van der Waals surface area contributed by atoms with Crippen LogP contribution in [-0.4, -0.2) is 17.3 Å². The van der Waals surface area contributed by atoms with Gasteiger partial charge in [-0.3, -0.25) is 0 Å². The van der Waals surface area contributed by atoms with E-state index in [1.165, 1.54) is 0 Å². The van der Waals surface area contributed by atoms with E-state index in [9.17, 15) is 0 Å². The van der Waals surface area contributed by atoms with Gasteiger partial charge in [-0.05, 0) is 26.0 Å². The maximum Gasteiger partial charge on any atom is 0.239 e. The first-order chi connectivity index (χ1) is 9.63. The smallest absolute Gasteiger partial charge is 0.239 e. The molecule has 104 valence electrons. The lowest BCUT2D eigenvalue weighted by atomic mass is 10.1. The van der Waals surface area contributed by atoms with Crippen molar-refractivity contribution >= 4 is 11.8 Å². The Hall–Kier alpha value is -2.00. The molecule has 0 unspecified atom stereocenters. The minimum Gasteiger partial charge on any atom is -0.496 e. The van der Waals surface area contributed by atoms with Gasteiger partial charge in [0.05, 0.1) is 24.0 Å². The van der Waals surface area contributed by atoms with Gasteiger partial charge in [0.15, 0.2) is 5.82 Å². The third-order valence-corrected chi connectivity index (χ3v) is 3.98. The normalized spacial score (nSPS) is 11.9. The van der Waals surface area contributed by atoms with E-state index in [1.54, 1.807) is 37.9 Å². The fourth-order valence-corrected chi connectivity index (χ4v) is 2.60. The van der Waals surface area contributed by atoms with Crippen molar-refractivity contribution in [2.75, 3.05) is 7.11 Å². The lowest BCUT2D eigenvalue weighted by Gasteiger charge is -2.10. The first-order valence-electron chi connectivity index (χ1n) is 6.13. The summed E-state index contributed by atoms with van der Waals surface area (Å²) in [7, 11) is 1.61. The first kappa shape index (κ1) is 14.4. The summed E-state index contributed by atoms with van der Waals surface area (Å²) in [6, 6.07) is 7.55. The van der Waals surface area contributed by atoms with E-state index in [4.69, 9.17) is 14.5 Å². The van der Waals surface area contributed by atoms with E-state index >= 15 is 0 Å². The van der Waals surface area contributed by atoms with E-state index in [2.05, 4.69) is 16.2 Å². The summed E-state index contributed by atoms with van der Waals surface area (Å²) >= 11 is 1.68. The quantitative estimate of drug-likeness (QED) is 0.841. The van der Waals surface area contributed by atoms with E-state index in [-0.39, 0.29) is 5.25 Å². The summed E-state index contributed by atoms with van der Waals surface area (Å²) in [6.45, 7) is 3.82. The van der Waals surface area contributed by atoms with E-state index < -0.39 is 0 Å². The molecule has 0 saturated heterocycles. The van der Waals surface area contributed by atoms with Crippen molar-refractivity contribution in [1.29, 1.82) is 5.26 Å². The van der Waals surface area contributed by atoms with Crippen LogP contribution in [0.5, 0.6) is 5.75 Å². The largest absolute Gasteiger partial charge is 0.496 e. The van der Waals surface area contributed by atoms with E-state index in [1.807, 2.05) is 13.0 Å². The molecule has 0 saturated carbocycles. The summed E-state index contributed by atoms with van der Waals surface area (Å²) in [5.74, 6) is 2.74. The minimum absolute atomic E-state index is 0.108. The van der Waals surface area contributed by atoms with Crippen molar-refractivity contribution < 1.29 is 9.26 Å². The Morgan fingerprint density at radius 1 is 1.50 bits per heavy atom. The first-order valence-corrected chi connectivity index (χ1v) is 7.17. The number of aryl methyl sites for hydroxylation is 1. The second-order valence-electron chi connectivity index (χ2n) is 4.27. The molecule has 0 aliphatic rings. The van der Waals surface area contributed by atoms with Gasteiger partial charge in [0.1, 0.15) is 5.75 Å². The fraction of sp³-hybridized carbons (Fsp3) is 0.357. The lowest BCUT2D eigenvalue weighted by Crippen LogP contribution is -1.94. The highest BCUT2D eigenvalue weighted by atomic mass is 32.2. The Labute approximate surface area is 121 Å². The van der Waals surface area contributed by atoms with Crippen molar-refractivity contribution in [2.45, 2.75) is 24.9 Å². The molecule has 20 heavy (non-hydrogen) atoms. The third-order valence-electron chi connectivity index (χ3n) is 2.80. The molecule has 5 nitrogen and oxygen atoms in total. The summed E-state index contributed by atoms with van der Waals surface area (Å²) in [5.41, 5.74) is 1.63. The highest BCUT2D eigenvalue weighted by Gasteiger charge is 2.14. The molecule has 0 fully saturated rings. The Kier molecular flexibility index (Phi) is 4.64. The Balaban J connectivity index is 2.05. The molecular weight excluding hydrogens is 274 g/mol. The van der Waals surface area contributed by atoms with Crippen LogP contribution < -0.4 is 4.74 Å². The average Bonchev–Trinajstić information content (AvgIpc) is 2.91. The van der Waals surface area contributed by atoms with Crippen LogP contribution in [0.25, 0.3) is 0 Å². The van der Waals surface area contributed by atoms with Crippen LogP contribution in [-0.2, 0) is 5.75 Å². The van der Waals surface area contributed by atoms with Gasteiger partial charge in [-0.15, -0.1) is 11.8 Å². The number of methoxy groups -OCH3 is 1. The maximum absolute atomic E-state index is 8.88. The molecule has 2 aromatic rings. The number of benzene rings is 1. The number of ether oxygens (including phenoxy) is 1. The lowest BCUT2D eigenvalue weighted by molar-refractivity contribution is 0.376. The average molecular weight is 289 g/mol. The van der Waals surface area contributed by atoms with Crippen molar-refractivity contribution in [3.8, 4) is 11.8 Å². The molecule has 1 aromatic heterocycles. The molecule has 0 spiro atoms. The van der Waals surface area contributed by atoms with Crippen LogP contribution in [0, 0.1) is 18.3 Å². The molecule has 0 aliphatic heterocycles. The van der Waals surface area contributed by atoms with Crippen LogP contribution >= 0.6 is 11.8 Å². The second kappa shape index (κ2) is 6.44. The number of rotatable bonds is 5. The number of hydrogen-bond donors (Lipinski definition) is 0. The third kappa shape index (κ3) is 3.31. The van der Waals surface area contributed by atoms with Crippen molar-refractivity contribution in [2.24, 2.45) is 0 Å². The molecule has 1 heterocycles. The Bertz CT molecular complexity index is 634. The molecule has 6 heteroatoms. The monoisotopic (exact) mass is 289 g/mol. The number of aromatic nitrogens is 2. The molecule has 0 amide bonds. The van der Waals surface area contributed by atoms with Gasteiger partial charge in [-0.1, -0.05) is 11.2 Å². The Morgan fingerprint density at radius 2 is 2.30 bits per heavy atom. The molecule has 0 aliphatic carbocycles.